The molecule has 0 aromatic heterocycles. The molecule has 0 saturated heterocycles. The molecule has 0 amide bonds. The lowest BCUT2D eigenvalue weighted by molar-refractivity contribution is 1.20. The van der Waals surface area contributed by atoms with Crippen LogP contribution in [0.2, 0.25) is 0 Å². The summed E-state index contributed by atoms with van der Waals surface area (Å²) in [6, 6.07) is 52.0. The van der Waals surface area contributed by atoms with E-state index in [1.165, 1.54) is 38.8 Å². The molecule has 0 spiro atoms. The Hall–Kier alpha value is -4.82. The summed E-state index contributed by atoms with van der Waals surface area (Å²) >= 11 is 0. The average Bonchev–Trinajstić information content (AvgIpc) is 2.98. The second-order valence-electron chi connectivity index (χ2n) is 9.69. The van der Waals surface area contributed by atoms with E-state index in [0.717, 1.165) is 17.1 Å². The lowest BCUT2D eigenvalue weighted by Crippen LogP contribution is -2.09. The van der Waals surface area contributed by atoms with Crippen molar-refractivity contribution >= 4 is 39.2 Å². The smallest absolute Gasteiger partial charge is 0.0468 e. The van der Waals surface area contributed by atoms with Crippen LogP contribution in [0.15, 0.2) is 146 Å². The van der Waals surface area contributed by atoms with E-state index in [0.29, 0.717) is 0 Å². The molecular weight excluding hydrogens is 460 g/mol. The second-order valence-corrected chi connectivity index (χ2v) is 9.69. The van der Waals surface area contributed by atoms with Crippen molar-refractivity contribution in [1.29, 1.82) is 0 Å². The third kappa shape index (κ3) is 4.77. The van der Waals surface area contributed by atoms with Gasteiger partial charge in [0.25, 0.3) is 0 Å². The maximum atomic E-state index is 2.32. The van der Waals surface area contributed by atoms with Gasteiger partial charge in [-0.1, -0.05) is 90.5 Å². The van der Waals surface area contributed by atoms with Crippen LogP contribution in [-0.4, -0.2) is 7.05 Å². The molecule has 2 nitrogen and oxygen atoms in total. The van der Waals surface area contributed by atoms with Crippen LogP contribution in [-0.2, 0) is 0 Å². The summed E-state index contributed by atoms with van der Waals surface area (Å²) in [4.78, 5) is 4.53. The molecule has 0 N–H and O–H groups in total. The first-order valence-electron chi connectivity index (χ1n) is 13.0. The average molecular weight is 491 g/mol. The summed E-state index contributed by atoms with van der Waals surface area (Å²) in [5.41, 5.74) is 9.44. The summed E-state index contributed by atoms with van der Waals surface area (Å²) in [6.07, 6.45) is 0. The third-order valence-electron chi connectivity index (χ3n) is 7.14. The van der Waals surface area contributed by atoms with E-state index in [1.54, 1.807) is 0 Å². The normalized spacial score (nSPS) is 10.9. The fourth-order valence-electron chi connectivity index (χ4n) is 4.94. The number of nitrogens with zero attached hydrogens (tertiary/aromatic N) is 2. The van der Waals surface area contributed by atoms with Gasteiger partial charge in [-0.25, -0.2) is 0 Å². The summed E-state index contributed by atoms with van der Waals surface area (Å²) in [5, 5.41) is 2.48. The van der Waals surface area contributed by atoms with Crippen molar-refractivity contribution in [3.8, 4) is 11.1 Å². The molecular formula is C36H30N2. The minimum absolute atomic E-state index is 1.13. The predicted molar refractivity (Wildman–Crippen MR) is 163 cm³/mol. The molecule has 184 valence electrons. The maximum absolute atomic E-state index is 2.32. The van der Waals surface area contributed by atoms with Crippen molar-refractivity contribution in [3.63, 3.8) is 0 Å². The van der Waals surface area contributed by atoms with Gasteiger partial charge < -0.3 is 9.80 Å². The number of rotatable bonds is 6. The Bertz CT molecular complexity index is 1650. The number of hydrogen-bond acceptors (Lipinski definition) is 2. The first kappa shape index (κ1) is 23.6. The zero-order valence-electron chi connectivity index (χ0n) is 21.8. The highest BCUT2D eigenvalue weighted by atomic mass is 15.1. The molecule has 0 aliphatic heterocycles. The van der Waals surface area contributed by atoms with Gasteiger partial charge >= 0.3 is 0 Å². The molecule has 0 radical (unpaired) electrons. The molecule has 0 saturated carbocycles. The lowest BCUT2D eigenvalue weighted by atomic mass is 10.0. The highest BCUT2D eigenvalue weighted by Gasteiger charge is 2.13. The number of benzene rings is 6. The first-order chi connectivity index (χ1) is 18.7. The van der Waals surface area contributed by atoms with E-state index in [1.807, 2.05) is 0 Å². The number of para-hydroxylation sites is 1. The maximum Gasteiger partial charge on any atom is 0.0468 e. The zero-order valence-corrected chi connectivity index (χ0v) is 21.8. The van der Waals surface area contributed by atoms with Gasteiger partial charge in [0.05, 0.1) is 0 Å². The minimum Gasteiger partial charge on any atom is -0.345 e. The zero-order chi connectivity index (χ0) is 25.9. The van der Waals surface area contributed by atoms with E-state index < -0.39 is 0 Å². The van der Waals surface area contributed by atoms with Crippen LogP contribution in [0, 0.1) is 6.92 Å². The Labute approximate surface area is 225 Å². The molecule has 2 heteroatoms. The Morgan fingerprint density at radius 3 is 1.50 bits per heavy atom. The van der Waals surface area contributed by atoms with Gasteiger partial charge in [0.2, 0.25) is 0 Å². The van der Waals surface area contributed by atoms with Crippen LogP contribution in [0.25, 0.3) is 21.9 Å². The van der Waals surface area contributed by atoms with Gasteiger partial charge in [0.15, 0.2) is 0 Å². The fraction of sp³-hybridized carbons (Fsp3) is 0.0556. The Morgan fingerprint density at radius 1 is 0.395 bits per heavy atom. The van der Waals surface area contributed by atoms with Gasteiger partial charge in [-0.05, 0) is 89.5 Å². The van der Waals surface area contributed by atoms with E-state index in [4.69, 9.17) is 0 Å². The third-order valence-corrected chi connectivity index (χ3v) is 7.14. The van der Waals surface area contributed by atoms with Gasteiger partial charge in [-0.15, -0.1) is 0 Å². The quantitative estimate of drug-likeness (QED) is 0.229. The predicted octanol–water partition coefficient (Wildman–Crippen LogP) is 10.1. The van der Waals surface area contributed by atoms with Gasteiger partial charge in [-0.2, -0.15) is 0 Å². The molecule has 6 aromatic rings. The van der Waals surface area contributed by atoms with Crippen molar-refractivity contribution in [2.75, 3.05) is 16.8 Å². The summed E-state index contributed by atoms with van der Waals surface area (Å²) in [7, 11) is 2.11. The second kappa shape index (κ2) is 10.3. The van der Waals surface area contributed by atoms with Gasteiger partial charge in [0, 0.05) is 35.5 Å². The molecule has 0 aliphatic rings. The molecule has 0 atom stereocenters. The topological polar surface area (TPSA) is 6.48 Å². The highest BCUT2D eigenvalue weighted by molar-refractivity contribution is 5.89. The van der Waals surface area contributed by atoms with E-state index in [-0.39, 0.29) is 0 Å². The van der Waals surface area contributed by atoms with Crippen molar-refractivity contribution < 1.29 is 0 Å². The molecule has 0 aliphatic carbocycles. The molecule has 0 bridgehead atoms. The van der Waals surface area contributed by atoms with Crippen molar-refractivity contribution in [2.24, 2.45) is 0 Å². The lowest BCUT2D eigenvalue weighted by Gasteiger charge is -2.26. The fourth-order valence-corrected chi connectivity index (χ4v) is 4.94. The molecule has 6 rings (SSSR count). The summed E-state index contributed by atoms with van der Waals surface area (Å²) in [6.45, 7) is 2.12. The minimum atomic E-state index is 1.13. The SMILES string of the molecule is Cc1ccc(N(C)c2ccc(-c3ccc(N(c4ccccc4)c4ccc5ccccc5c4)cc3)cc2)cc1. The van der Waals surface area contributed by atoms with Crippen LogP contribution in [0.5, 0.6) is 0 Å². The van der Waals surface area contributed by atoms with Crippen molar-refractivity contribution in [1.82, 2.24) is 0 Å². The highest BCUT2D eigenvalue weighted by Crippen LogP contribution is 2.37. The Kier molecular flexibility index (Phi) is 6.37. The van der Waals surface area contributed by atoms with Gasteiger partial charge in [0.1, 0.15) is 0 Å². The van der Waals surface area contributed by atoms with Crippen LogP contribution in [0.1, 0.15) is 5.56 Å². The molecule has 0 fully saturated rings. The standard InChI is InChI=1S/C36H30N2/c1-27-12-19-32(20-13-27)37(2)33-21-14-29(15-22-33)30-16-23-35(24-17-30)38(34-10-4-3-5-11-34)36-25-18-28-8-6-7-9-31(28)26-36/h3-26H,1-2H3. The van der Waals surface area contributed by atoms with Crippen LogP contribution in [0.4, 0.5) is 28.4 Å². The van der Waals surface area contributed by atoms with Crippen LogP contribution >= 0.6 is 0 Å². The number of fused-ring (bicyclic) bond motifs is 1. The van der Waals surface area contributed by atoms with Gasteiger partial charge in [-0.3, -0.25) is 0 Å². The first-order valence-corrected chi connectivity index (χ1v) is 13.0. The molecule has 6 aromatic carbocycles. The van der Waals surface area contributed by atoms with E-state index in [9.17, 15) is 0 Å². The van der Waals surface area contributed by atoms with Crippen LogP contribution < -0.4 is 9.80 Å². The molecule has 0 heterocycles. The monoisotopic (exact) mass is 490 g/mol. The number of anilines is 5. The van der Waals surface area contributed by atoms with Crippen LogP contribution in [0.3, 0.4) is 0 Å². The van der Waals surface area contributed by atoms with E-state index >= 15 is 0 Å². The number of aryl methyl sites for hydroxylation is 1. The van der Waals surface area contributed by atoms with E-state index in [2.05, 4.69) is 169 Å². The Morgan fingerprint density at radius 2 is 0.868 bits per heavy atom. The molecule has 38 heavy (non-hydrogen) atoms. The Balaban J connectivity index is 1.30. The van der Waals surface area contributed by atoms with Crippen molar-refractivity contribution in [3.05, 3.63) is 151 Å². The molecule has 0 unspecified atom stereocenters. The summed E-state index contributed by atoms with van der Waals surface area (Å²) < 4.78 is 0. The summed E-state index contributed by atoms with van der Waals surface area (Å²) in [5.74, 6) is 0. The number of hydrogen-bond donors (Lipinski definition) is 0. The largest absolute Gasteiger partial charge is 0.345 e. The van der Waals surface area contributed by atoms with Crippen molar-refractivity contribution in [2.45, 2.75) is 6.92 Å².